The third-order valence-electron chi connectivity index (χ3n) is 2.45. The number of hydrogen-bond acceptors (Lipinski definition) is 2. The highest BCUT2D eigenvalue weighted by atomic mass is 35.5. The van der Waals surface area contributed by atoms with Crippen LogP contribution in [0.5, 0.6) is 5.75 Å². The van der Waals surface area contributed by atoms with Crippen molar-refractivity contribution in [3.63, 3.8) is 0 Å². The summed E-state index contributed by atoms with van der Waals surface area (Å²) < 4.78 is 5.19. The Morgan fingerprint density at radius 1 is 1.50 bits per heavy atom. The smallest absolute Gasteiger partial charge is 0.138 e. The van der Waals surface area contributed by atoms with Crippen molar-refractivity contribution in [1.29, 1.82) is 0 Å². The first kappa shape index (κ1) is 13.1. The normalized spacial score (nSPS) is 11.6. The van der Waals surface area contributed by atoms with Crippen LogP contribution >= 0.6 is 11.6 Å². The second-order valence-electron chi connectivity index (χ2n) is 3.63. The van der Waals surface area contributed by atoms with Gasteiger partial charge in [0.05, 0.1) is 12.1 Å². The lowest BCUT2D eigenvalue weighted by molar-refractivity contribution is 0.415. The molecular weight excluding hydrogens is 222 g/mol. The molecule has 1 N–H and O–H groups in total. The van der Waals surface area contributed by atoms with E-state index < -0.39 is 0 Å². The average Bonchev–Trinajstić information content (AvgIpc) is 2.30. The van der Waals surface area contributed by atoms with Crippen molar-refractivity contribution in [1.82, 2.24) is 5.32 Å². The van der Waals surface area contributed by atoms with Gasteiger partial charge in [-0.05, 0) is 50.2 Å². The summed E-state index contributed by atoms with van der Waals surface area (Å²) in [5.41, 5.74) is 2.39. The van der Waals surface area contributed by atoms with Gasteiger partial charge in [0, 0.05) is 0 Å². The van der Waals surface area contributed by atoms with Crippen LogP contribution < -0.4 is 10.1 Å². The Bertz CT molecular complexity index is 374. The van der Waals surface area contributed by atoms with Gasteiger partial charge in [-0.1, -0.05) is 23.7 Å². The zero-order valence-electron chi connectivity index (χ0n) is 10.0. The maximum absolute atomic E-state index is 5.97. The van der Waals surface area contributed by atoms with Crippen LogP contribution in [-0.4, -0.2) is 20.7 Å². The number of hydrogen-bond donors (Lipinski definition) is 1. The fraction of sp³-hybridized carbons (Fsp3) is 0.385. The molecule has 0 radical (unpaired) electrons. The molecule has 2 nitrogen and oxygen atoms in total. The van der Waals surface area contributed by atoms with Crippen LogP contribution in [0.15, 0.2) is 24.3 Å². The summed E-state index contributed by atoms with van der Waals surface area (Å²) in [6.45, 7) is 3.08. The molecule has 0 bridgehead atoms. The molecule has 1 aromatic carbocycles. The molecule has 0 aromatic heterocycles. The number of methoxy groups -OCH3 is 1. The molecule has 0 unspecified atom stereocenters. The molecule has 0 heterocycles. The van der Waals surface area contributed by atoms with E-state index in [9.17, 15) is 0 Å². The van der Waals surface area contributed by atoms with Gasteiger partial charge in [-0.25, -0.2) is 0 Å². The first-order valence-corrected chi connectivity index (χ1v) is 5.72. The summed E-state index contributed by atoms with van der Waals surface area (Å²) in [7, 11) is 3.58. The predicted octanol–water partition coefficient (Wildman–Crippen LogP) is 3.36. The zero-order valence-corrected chi connectivity index (χ0v) is 10.8. The molecule has 0 fully saturated rings. The lowest BCUT2D eigenvalue weighted by Gasteiger charge is -2.07. The average molecular weight is 240 g/mol. The van der Waals surface area contributed by atoms with Crippen molar-refractivity contribution in [2.45, 2.75) is 13.3 Å². The molecule has 3 heteroatoms. The summed E-state index contributed by atoms with van der Waals surface area (Å²) in [5.74, 6) is 0.723. The SMILES string of the molecule is CNCCC=C(C)c1ccc(Cl)c(OC)c1. The molecule has 1 aromatic rings. The van der Waals surface area contributed by atoms with Crippen molar-refractivity contribution in [3.05, 3.63) is 34.9 Å². The van der Waals surface area contributed by atoms with E-state index in [1.165, 1.54) is 5.57 Å². The van der Waals surface area contributed by atoms with E-state index >= 15 is 0 Å². The first-order valence-electron chi connectivity index (χ1n) is 5.34. The lowest BCUT2D eigenvalue weighted by atomic mass is 10.1. The van der Waals surface area contributed by atoms with Crippen LogP contribution in [-0.2, 0) is 0 Å². The highest BCUT2D eigenvalue weighted by molar-refractivity contribution is 6.32. The number of nitrogens with one attached hydrogen (secondary N) is 1. The summed E-state index contributed by atoms with van der Waals surface area (Å²) in [6, 6.07) is 5.84. The highest BCUT2D eigenvalue weighted by Gasteiger charge is 2.02. The molecule has 0 aliphatic carbocycles. The van der Waals surface area contributed by atoms with E-state index in [0.717, 1.165) is 24.3 Å². The standard InChI is InChI=1S/C13H18ClNO/c1-10(5-4-8-15-2)11-6-7-12(14)13(9-11)16-3/h5-7,9,15H,4,8H2,1-3H3. The Morgan fingerprint density at radius 3 is 2.88 bits per heavy atom. The van der Waals surface area contributed by atoms with E-state index in [-0.39, 0.29) is 0 Å². The maximum Gasteiger partial charge on any atom is 0.138 e. The van der Waals surface area contributed by atoms with Gasteiger partial charge in [-0.3, -0.25) is 0 Å². The van der Waals surface area contributed by atoms with Crippen LogP contribution in [0.25, 0.3) is 5.57 Å². The van der Waals surface area contributed by atoms with E-state index in [2.05, 4.69) is 18.3 Å². The second kappa shape index (κ2) is 6.56. The van der Waals surface area contributed by atoms with E-state index in [4.69, 9.17) is 16.3 Å². The number of allylic oxidation sites excluding steroid dienone is 1. The largest absolute Gasteiger partial charge is 0.495 e. The quantitative estimate of drug-likeness (QED) is 0.796. The van der Waals surface area contributed by atoms with Crippen molar-refractivity contribution in [2.24, 2.45) is 0 Å². The van der Waals surface area contributed by atoms with Crippen LogP contribution in [0.4, 0.5) is 0 Å². The topological polar surface area (TPSA) is 21.3 Å². The molecule has 0 aliphatic heterocycles. The minimum Gasteiger partial charge on any atom is -0.495 e. The van der Waals surface area contributed by atoms with E-state index in [1.54, 1.807) is 7.11 Å². The van der Waals surface area contributed by atoms with Gasteiger partial charge in [0.25, 0.3) is 0 Å². The Morgan fingerprint density at radius 2 is 2.25 bits per heavy atom. The monoisotopic (exact) mass is 239 g/mol. The zero-order chi connectivity index (χ0) is 12.0. The summed E-state index contributed by atoms with van der Waals surface area (Å²) in [5, 5.41) is 3.76. The summed E-state index contributed by atoms with van der Waals surface area (Å²) >= 11 is 5.97. The maximum atomic E-state index is 5.97. The molecular formula is C13H18ClNO. The Kier molecular flexibility index (Phi) is 5.36. The fourth-order valence-electron chi connectivity index (χ4n) is 1.46. The molecule has 0 amide bonds. The van der Waals surface area contributed by atoms with Gasteiger partial charge >= 0.3 is 0 Å². The van der Waals surface area contributed by atoms with Crippen LogP contribution in [0.2, 0.25) is 5.02 Å². The molecule has 0 spiro atoms. The van der Waals surface area contributed by atoms with Gasteiger partial charge in [-0.2, -0.15) is 0 Å². The lowest BCUT2D eigenvalue weighted by Crippen LogP contribution is -2.05. The van der Waals surface area contributed by atoms with Crippen molar-refractivity contribution in [3.8, 4) is 5.75 Å². The Balaban J connectivity index is 2.83. The summed E-state index contributed by atoms with van der Waals surface area (Å²) in [4.78, 5) is 0. The van der Waals surface area contributed by atoms with Gasteiger partial charge in [-0.15, -0.1) is 0 Å². The van der Waals surface area contributed by atoms with E-state index in [0.29, 0.717) is 5.02 Å². The van der Waals surface area contributed by atoms with Crippen molar-refractivity contribution < 1.29 is 4.74 Å². The van der Waals surface area contributed by atoms with Gasteiger partial charge in [0.1, 0.15) is 5.75 Å². The second-order valence-corrected chi connectivity index (χ2v) is 4.04. The molecule has 0 aliphatic rings. The number of halogens is 1. The van der Waals surface area contributed by atoms with E-state index in [1.807, 2.05) is 25.2 Å². The highest BCUT2D eigenvalue weighted by Crippen LogP contribution is 2.28. The minimum atomic E-state index is 0.647. The third kappa shape index (κ3) is 3.54. The molecule has 1 rings (SSSR count). The predicted molar refractivity (Wildman–Crippen MR) is 70.2 cm³/mol. The summed E-state index contributed by atoms with van der Waals surface area (Å²) in [6.07, 6.45) is 3.23. The van der Waals surface area contributed by atoms with Crippen molar-refractivity contribution in [2.75, 3.05) is 20.7 Å². The number of ether oxygens (including phenoxy) is 1. The van der Waals surface area contributed by atoms with Gasteiger partial charge in [0.2, 0.25) is 0 Å². The van der Waals surface area contributed by atoms with Crippen LogP contribution in [0.1, 0.15) is 18.9 Å². The van der Waals surface area contributed by atoms with Crippen LogP contribution in [0.3, 0.4) is 0 Å². The molecule has 16 heavy (non-hydrogen) atoms. The van der Waals surface area contributed by atoms with Crippen molar-refractivity contribution >= 4 is 17.2 Å². The Hall–Kier alpha value is -0.990. The first-order chi connectivity index (χ1) is 7.69. The minimum absolute atomic E-state index is 0.647. The fourth-order valence-corrected chi connectivity index (χ4v) is 1.65. The molecule has 0 atom stereocenters. The van der Waals surface area contributed by atoms with Crippen LogP contribution in [0, 0.1) is 0 Å². The number of benzene rings is 1. The number of rotatable bonds is 5. The third-order valence-corrected chi connectivity index (χ3v) is 2.76. The molecule has 0 saturated carbocycles. The Labute approximate surface area is 102 Å². The molecule has 88 valence electrons. The molecule has 0 saturated heterocycles. The van der Waals surface area contributed by atoms with Gasteiger partial charge < -0.3 is 10.1 Å². The van der Waals surface area contributed by atoms with Gasteiger partial charge in [0.15, 0.2) is 0 Å².